The van der Waals surface area contributed by atoms with E-state index in [-0.39, 0.29) is 24.5 Å². The number of ether oxygens (including phenoxy) is 3. The highest BCUT2D eigenvalue weighted by molar-refractivity contribution is 7.98. The van der Waals surface area contributed by atoms with E-state index in [0.29, 0.717) is 29.4 Å². The van der Waals surface area contributed by atoms with Gasteiger partial charge >= 0.3 is 0 Å². The molecule has 0 spiro atoms. The largest absolute Gasteiger partial charge is 0.493 e. The Morgan fingerprint density at radius 1 is 1.29 bits per heavy atom. The lowest BCUT2D eigenvalue weighted by Gasteiger charge is -2.15. The van der Waals surface area contributed by atoms with Crippen molar-refractivity contribution in [2.45, 2.75) is 37.0 Å². The molecule has 1 fully saturated rings. The Hall–Kier alpha value is -2.72. The van der Waals surface area contributed by atoms with Crippen molar-refractivity contribution in [3.8, 4) is 11.5 Å². The lowest BCUT2D eigenvalue weighted by molar-refractivity contribution is -0.122. The van der Waals surface area contributed by atoms with E-state index in [1.54, 1.807) is 34.6 Å². The number of fused-ring (bicyclic) bond motifs is 1. The fourth-order valence-electron chi connectivity index (χ4n) is 3.79. The number of aromatic nitrogens is 2. The molecule has 166 valence electrons. The topological polar surface area (TPSA) is 104 Å². The van der Waals surface area contributed by atoms with Crippen LogP contribution < -0.4 is 20.1 Å². The summed E-state index contributed by atoms with van der Waals surface area (Å²) in [6, 6.07) is 5.12. The third-order valence-corrected chi connectivity index (χ3v) is 6.31. The van der Waals surface area contributed by atoms with E-state index in [1.807, 2.05) is 0 Å². The molecule has 9 nitrogen and oxygen atoms in total. The van der Waals surface area contributed by atoms with Crippen molar-refractivity contribution in [3.05, 3.63) is 35.0 Å². The van der Waals surface area contributed by atoms with Gasteiger partial charge in [0.25, 0.3) is 5.91 Å². The fourth-order valence-corrected chi connectivity index (χ4v) is 4.82. The molecule has 1 atom stereocenters. The maximum Gasteiger partial charge on any atom is 0.260 e. The molecule has 0 saturated carbocycles. The molecule has 31 heavy (non-hydrogen) atoms. The summed E-state index contributed by atoms with van der Waals surface area (Å²) in [7, 11) is 3.01. The maximum absolute atomic E-state index is 13.1. The summed E-state index contributed by atoms with van der Waals surface area (Å²) in [5.41, 5.74) is 2.19. The normalized spacial score (nSPS) is 17.3. The predicted octanol–water partition coefficient (Wildman–Crippen LogP) is 2.19. The van der Waals surface area contributed by atoms with E-state index in [2.05, 4.69) is 15.7 Å². The van der Waals surface area contributed by atoms with Crippen molar-refractivity contribution in [2.75, 3.05) is 32.7 Å². The van der Waals surface area contributed by atoms with E-state index in [4.69, 9.17) is 14.2 Å². The van der Waals surface area contributed by atoms with Gasteiger partial charge in [0.05, 0.1) is 31.6 Å². The van der Waals surface area contributed by atoms with Gasteiger partial charge in [0.1, 0.15) is 12.4 Å². The molecule has 1 saturated heterocycles. The number of hydrogen-bond acceptors (Lipinski definition) is 7. The molecule has 4 rings (SSSR count). The molecule has 2 aromatic rings. The van der Waals surface area contributed by atoms with Crippen molar-refractivity contribution < 1.29 is 23.8 Å². The van der Waals surface area contributed by atoms with Gasteiger partial charge in [-0.2, -0.15) is 16.9 Å². The van der Waals surface area contributed by atoms with Gasteiger partial charge in [-0.1, -0.05) is 6.07 Å². The Morgan fingerprint density at radius 2 is 2.16 bits per heavy atom. The van der Waals surface area contributed by atoms with Crippen LogP contribution in [0.25, 0.3) is 0 Å². The summed E-state index contributed by atoms with van der Waals surface area (Å²) in [6.07, 6.45) is 2.05. The van der Waals surface area contributed by atoms with Crippen molar-refractivity contribution in [3.63, 3.8) is 0 Å². The molecule has 0 radical (unpaired) electrons. The van der Waals surface area contributed by atoms with Crippen LogP contribution in [0.3, 0.4) is 0 Å². The number of nitrogens with zero attached hydrogens (tertiary/aromatic N) is 2. The number of carbonyl (C=O) groups is 2. The summed E-state index contributed by atoms with van der Waals surface area (Å²) < 4.78 is 17.8. The molecular weight excluding hydrogens is 420 g/mol. The number of amides is 2. The average Bonchev–Trinajstić information content (AvgIpc) is 3.51. The number of carbonyl (C=O) groups excluding carboxylic acids is 2. The zero-order chi connectivity index (χ0) is 21.8. The van der Waals surface area contributed by atoms with Gasteiger partial charge in [-0.15, -0.1) is 0 Å². The van der Waals surface area contributed by atoms with Crippen LogP contribution in [0.5, 0.6) is 11.5 Å². The van der Waals surface area contributed by atoms with Gasteiger partial charge in [-0.05, 0) is 25.0 Å². The Kier molecular flexibility index (Phi) is 6.67. The average molecular weight is 447 g/mol. The molecule has 2 aliphatic heterocycles. The number of thioether (sulfide) groups is 1. The summed E-state index contributed by atoms with van der Waals surface area (Å²) in [6.45, 7) is 1.25. The lowest BCUT2D eigenvalue weighted by atomic mass is 10.1. The minimum atomic E-state index is -0.351. The molecule has 3 heterocycles. The third-order valence-electron chi connectivity index (χ3n) is 5.34. The van der Waals surface area contributed by atoms with E-state index in [1.165, 1.54) is 14.2 Å². The number of anilines is 1. The number of nitrogens with one attached hydrogen (secondary N) is 2. The van der Waals surface area contributed by atoms with Gasteiger partial charge in [0, 0.05) is 30.2 Å². The van der Waals surface area contributed by atoms with Gasteiger partial charge in [0.15, 0.2) is 11.5 Å². The van der Waals surface area contributed by atoms with Crippen molar-refractivity contribution in [1.29, 1.82) is 0 Å². The zero-order valence-corrected chi connectivity index (χ0v) is 18.4. The monoisotopic (exact) mass is 446 g/mol. The second-order valence-electron chi connectivity index (χ2n) is 7.36. The van der Waals surface area contributed by atoms with E-state index in [0.717, 1.165) is 42.2 Å². The van der Waals surface area contributed by atoms with Gasteiger partial charge in [-0.3, -0.25) is 9.59 Å². The Labute approximate surface area is 184 Å². The summed E-state index contributed by atoms with van der Waals surface area (Å²) in [5.74, 6) is 2.34. The Balaban J connectivity index is 1.51. The quantitative estimate of drug-likeness (QED) is 0.641. The number of hydrogen-bond donors (Lipinski definition) is 2. The van der Waals surface area contributed by atoms with Crippen LogP contribution >= 0.6 is 11.8 Å². The first kappa shape index (κ1) is 21.5. The lowest BCUT2D eigenvalue weighted by Crippen LogP contribution is -2.34. The van der Waals surface area contributed by atoms with Gasteiger partial charge in [0.2, 0.25) is 5.91 Å². The summed E-state index contributed by atoms with van der Waals surface area (Å²) >= 11 is 1.73. The maximum atomic E-state index is 13.1. The number of rotatable bonds is 8. The van der Waals surface area contributed by atoms with Crippen LogP contribution in [0.4, 0.5) is 5.82 Å². The van der Waals surface area contributed by atoms with Gasteiger partial charge < -0.3 is 24.8 Å². The molecule has 1 aromatic carbocycles. The second-order valence-corrected chi connectivity index (χ2v) is 8.34. The summed E-state index contributed by atoms with van der Waals surface area (Å²) in [4.78, 5) is 25.6. The first-order valence-corrected chi connectivity index (χ1v) is 11.3. The van der Waals surface area contributed by atoms with Crippen LogP contribution in [-0.2, 0) is 27.6 Å². The first-order valence-electron chi connectivity index (χ1n) is 10.2. The van der Waals surface area contributed by atoms with Gasteiger partial charge in [-0.25, -0.2) is 4.68 Å². The van der Waals surface area contributed by atoms with Crippen molar-refractivity contribution in [2.24, 2.45) is 0 Å². The second kappa shape index (κ2) is 9.61. The van der Waals surface area contributed by atoms with Crippen molar-refractivity contribution in [1.82, 2.24) is 15.1 Å². The highest BCUT2D eigenvalue weighted by atomic mass is 32.2. The molecule has 0 bridgehead atoms. The zero-order valence-electron chi connectivity index (χ0n) is 17.6. The van der Waals surface area contributed by atoms with Crippen LogP contribution in [0.15, 0.2) is 18.2 Å². The predicted molar refractivity (Wildman–Crippen MR) is 117 cm³/mol. The highest BCUT2D eigenvalue weighted by Gasteiger charge is 2.27. The van der Waals surface area contributed by atoms with Crippen molar-refractivity contribution >= 4 is 29.4 Å². The molecule has 2 aliphatic rings. The van der Waals surface area contributed by atoms with Crippen LogP contribution in [0, 0.1) is 0 Å². The molecule has 1 aromatic heterocycles. The number of para-hydroxylation sites is 1. The minimum Gasteiger partial charge on any atom is -0.493 e. The summed E-state index contributed by atoms with van der Waals surface area (Å²) in [5, 5.41) is 10.4. The third kappa shape index (κ3) is 4.64. The molecule has 2 amide bonds. The van der Waals surface area contributed by atoms with Crippen LogP contribution in [-0.4, -0.2) is 55.1 Å². The molecule has 0 aliphatic carbocycles. The highest BCUT2D eigenvalue weighted by Crippen LogP contribution is 2.36. The number of methoxy groups -OCH3 is 2. The molecule has 0 unspecified atom stereocenters. The van der Waals surface area contributed by atoms with E-state index in [9.17, 15) is 9.59 Å². The fraction of sp³-hybridized carbons (Fsp3) is 0.476. The SMILES string of the molecule is COc1cccc(C(=O)Nc2c3c(nn2CC(=O)NC[C@H]2CCCO2)CSC3)c1OC. The molecule has 2 N–H and O–H groups in total. The first-order chi connectivity index (χ1) is 15.1. The Bertz CT molecular complexity index is 971. The minimum absolute atomic E-state index is 0.0231. The smallest absolute Gasteiger partial charge is 0.260 e. The van der Waals surface area contributed by atoms with E-state index >= 15 is 0 Å². The standard InChI is InChI=1S/C21H26N4O5S/c1-28-17-7-3-6-14(19(17)29-2)21(27)23-20-15-11-31-12-16(15)24-25(20)10-18(26)22-9-13-5-4-8-30-13/h3,6-7,13H,4-5,8-12H2,1-2H3,(H,22,26)(H,23,27)/t13-/m1/s1. The van der Waals surface area contributed by atoms with Crippen LogP contribution in [0.2, 0.25) is 0 Å². The molecule has 10 heteroatoms. The molecular formula is C21H26N4O5S. The Morgan fingerprint density at radius 3 is 2.90 bits per heavy atom. The van der Waals surface area contributed by atoms with Crippen LogP contribution in [0.1, 0.15) is 34.5 Å². The van der Waals surface area contributed by atoms with E-state index < -0.39 is 0 Å². The number of benzene rings is 1.